The number of nitrogens with one attached hydrogen (secondary N) is 1. The summed E-state index contributed by atoms with van der Waals surface area (Å²) in [7, 11) is 0. The molecule has 2 heterocycles. The van der Waals surface area contributed by atoms with Crippen LogP contribution in [0.25, 0.3) is 0 Å². The van der Waals surface area contributed by atoms with Gasteiger partial charge in [-0.2, -0.15) is 0 Å². The zero-order valence-corrected chi connectivity index (χ0v) is 10.6. The number of hydrogen-bond acceptors (Lipinski definition) is 0. The lowest BCUT2D eigenvalue weighted by molar-refractivity contribution is -0.947. The molecule has 0 aromatic heterocycles. The van der Waals surface area contributed by atoms with Crippen molar-refractivity contribution in [1.29, 1.82) is 0 Å². The summed E-state index contributed by atoms with van der Waals surface area (Å²) in [5.74, 6) is 0. The summed E-state index contributed by atoms with van der Waals surface area (Å²) in [6.07, 6.45) is 5.74. The van der Waals surface area contributed by atoms with E-state index in [0.717, 1.165) is 6.04 Å². The van der Waals surface area contributed by atoms with Crippen LogP contribution in [0.5, 0.6) is 0 Å². The Bertz CT molecular complexity index is 367. The van der Waals surface area contributed by atoms with Gasteiger partial charge in [0.1, 0.15) is 13.1 Å². The number of quaternary nitrogens is 2. The average molecular weight is 232 g/mol. The number of likely N-dealkylation sites (tertiary alicyclic amines) is 1. The third kappa shape index (κ3) is 2.38. The largest absolute Gasteiger partial charge is 0.337 e. The Labute approximate surface area is 104 Å². The lowest BCUT2D eigenvalue weighted by Crippen LogP contribution is -3.15. The monoisotopic (exact) mass is 232 g/mol. The Kier molecular flexibility index (Phi) is 3.44. The first-order valence-electron chi connectivity index (χ1n) is 7.19. The minimum Gasteiger partial charge on any atom is -0.337 e. The van der Waals surface area contributed by atoms with E-state index in [9.17, 15) is 0 Å². The maximum Gasteiger partial charge on any atom is 0.163 e. The molecule has 3 N–H and O–H groups in total. The van der Waals surface area contributed by atoms with E-state index in [1.54, 1.807) is 11.1 Å². The van der Waals surface area contributed by atoms with E-state index in [4.69, 9.17) is 0 Å². The van der Waals surface area contributed by atoms with Gasteiger partial charge in [-0.05, 0) is 25.7 Å². The molecule has 0 aliphatic carbocycles. The van der Waals surface area contributed by atoms with Crippen LogP contribution >= 0.6 is 0 Å². The van der Waals surface area contributed by atoms with Gasteiger partial charge in [-0.15, -0.1) is 0 Å². The number of hydrogen-bond donors (Lipinski definition) is 2. The first kappa shape index (κ1) is 11.2. The van der Waals surface area contributed by atoms with Crippen LogP contribution in [-0.4, -0.2) is 19.6 Å². The molecule has 0 radical (unpaired) electrons. The van der Waals surface area contributed by atoms with Crippen LogP contribution in [0.1, 0.15) is 42.9 Å². The topological polar surface area (TPSA) is 21.1 Å². The predicted molar refractivity (Wildman–Crippen MR) is 68.8 cm³/mol. The second kappa shape index (κ2) is 5.19. The summed E-state index contributed by atoms with van der Waals surface area (Å²) < 4.78 is 0. The normalized spacial score (nSPS) is 26.2. The third-order valence-corrected chi connectivity index (χ3v) is 4.44. The zero-order valence-electron chi connectivity index (χ0n) is 10.6. The van der Waals surface area contributed by atoms with Crippen molar-refractivity contribution >= 4 is 0 Å². The van der Waals surface area contributed by atoms with Crippen molar-refractivity contribution in [2.24, 2.45) is 0 Å². The van der Waals surface area contributed by atoms with E-state index in [1.807, 2.05) is 4.90 Å². The van der Waals surface area contributed by atoms with Crippen molar-refractivity contribution in [3.8, 4) is 0 Å². The van der Waals surface area contributed by atoms with Crippen LogP contribution in [0.2, 0.25) is 0 Å². The van der Waals surface area contributed by atoms with E-state index < -0.39 is 0 Å². The zero-order chi connectivity index (χ0) is 11.5. The highest BCUT2D eigenvalue weighted by molar-refractivity contribution is 5.29. The molecule has 1 saturated heterocycles. The molecule has 17 heavy (non-hydrogen) atoms. The van der Waals surface area contributed by atoms with Gasteiger partial charge >= 0.3 is 0 Å². The Hall–Kier alpha value is -0.860. The van der Waals surface area contributed by atoms with Gasteiger partial charge in [-0.3, -0.25) is 0 Å². The summed E-state index contributed by atoms with van der Waals surface area (Å²) in [4.78, 5) is 1.84. The minimum absolute atomic E-state index is 0.748. The van der Waals surface area contributed by atoms with Gasteiger partial charge in [0.2, 0.25) is 0 Å². The van der Waals surface area contributed by atoms with E-state index in [-0.39, 0.29) is 0 Å². The maximum absolute atomic E-state index is 2.49. The van der Waals surface area contributed by atoms with E-state index in [0.29, 0.717) is 0 Å². The Balaban J connectivity index is 1.83. The molecule has 0 unspecified atom stereocenters. The van der Waals surface area contributed by atoms with E-state index >= 15 is 0 Å². The highest BCUT2D eigenvalue weighted by atomic mass is 15.2. The van der Waals surface area contributed by atoms with Crippen LogP contribution in [-0.2, 0) is 6.54 Å². The molecular weight excluding hydrogens is 208 g/mol. The number of benzene rings is 1. The van der Waals surface area contributed by atoms with Crippen molar-refractivity contribution < 1.29 is 10.2 Å². The molecule has 0 saturated carbocycles. The molecule has 0 bridgehead atoms. The minimum atomic E-state index is 0.748. The van der Waals surface area contributed by atoms with Crippen molar-refractivity contribution in [2.45, 2.75) is 38.3 Å². The van der Waals surface area contributed by atoms with Gasteiger partial charge in [0.25, 0.3) is 0 Å². The van der Waals surface area contributed by atoms with Crippen molar-refractivity contribution in [3.63, 3.8) is 0 Å². The van der Waals surface area contributed by atoms with Crippen molar-refractivity contribution in [3.05, 3.63) is 35.4 Å². The second-order valence-corrected chi connectivity index (χ2v) is 5.55. The van der Waals surface area contributed by atoms with Gasteiger partial charge < -0.3 is 10.2 Å². The molecular formula is C15H24N2+2. The third-order valence-electron chi connectivity index (χ3n) is 4.44. The Morgan fingerprint density at radius 3 is 2.59 bits per heavy atom. The molecule has 2 heteroatoms. The SMILES string of the molecule is c1ccc2c(c1)C[NH2+]C[C@@H]2[NH+]1CCCCCC1. The molecule has 3 rings (SSSR count). The van der Waals surface area contributed by atoms with Crippen LogP contribution in [0, 0.1) is 0 Å². The summed E-state index contributed by atoms with van der Waals surface area (Å²) in [6, 6.07) is 9.83. The van der Waals surface area contributed by atoms with Crippen LogP contribution in [0.15, 0.2) is 24.3 Å². The molecule has 1 aromatic rings. The summed E-state index contributed by atoms with van der Waals surface area (Å²) >= 11 is 0. The maximum atomic E-state index is 2.49. The highest BCUT2D eigenvalue weighted by Crippen LogP contribution is 2.17. The second-order valence-electron chi connectivity index (χ2n) is 5.55. The summed E-state index contributed by atoms with van der Waals surface area (Å²) in [5.41, 5.74) is 3.20. The average Bonchev–Trinajstić information content (AvgIpc) is 2.67. The molecule has 2 aliphatic heterocycles. The highest BCUT2D eigenvalue weighted by Gasteiger charge is 2.31. The standard InChI is InChI=1S/C15H22N2/c1-2-6-10-17(9-5-1)15-12-16-11-13-7-3-4-8-14(13)15/h3-4,7-8,15-16H,1-2,5-6,9-12H2/p+2/t15-/m0/s1. The van der Waals surface area contributed by atoms with Crippen LogP contribution in [0.3, 0.4) is 0 Å². The molecule has 92 valence electrons. The van der Waals surface area contributed by atoms with E-state index in [2.05, 4.69) is 29.6 Å². The summed E-state index contributed by atoms with van der Waals surface area (Å²) in [5, 5.41) is 2.49. The molecule has 0 spiro atoms. The predicted octanol–water partition coefficient (Wildman–Crippen LogP) is 0.264. The first-order valence-corrected chi connectivity index (χ1v) is 7.19. The number of rotatable bonds is 1. The molecule has 1 aromatic carbocycles. The number of fused-ring (bicyclic) bond motifs is 1. The smallest absolute Gasteiger partial charge is 0.163 e. The van der Waals surface area contributed by atoms with E-state index in [1.165, 1.54) is 51.9 Å². The molecule has 2 aliphatic rings. The van der Waals surface area contributed by atoms with Gasteiger partial charge in [-0.1, -0.05) is 24.3 Å². The fourth-order valence-electron chi connectivity index (χ4n) is 3.51. The van der Waals surface area contributed by atoms with Gasteiger partial charge in [0.15, 0.2) is 6.04 Å². The fourth-order valence-corrected chi connectivity index (χ4v) is 3.51. The van der Waals surface area contributed by atoms with Crippen molar-refractivity contribution in [2.75, 3.05) is 19.6 Å². The van der Waals surface area contributed by atoms with Gasteiger partial charge in [-0.25, -0.2) is 0 Å². The Morgan fingerprint density at radius 2 is 1.76 bits per heavy atom. The lowest BCUT2D eigenvalue weighted by atomic mass is 9.95. The lowest BCUT2D eigenvalue weighted by Gasteiger charge is -2.30. The summed E-state index contributed by atoms with van der Waals surface area (Å²) in [6.45, 7) is 5.23. The van der Waals surface area contributed by atoms with Crippen LogP contribution in [0.4, 0.5) is 0 Å². The molecule has 1 atom stereocenters. The van der Waals surface area contributed by atoms with Gasteiger partial charge in [0, 0.05) is 11.1 Å². The fraction of sp³-hybridized carbons (Fsp3) is 0.600. The molecule has 1 fully saturated rings. The molecule has 2 nitrogen and oxygen atoms in total. The molecule has 0 amide bonds. The van der Waals surface area contributed by atoms with Crippen LogP contribution < -0.4 is 10.2 Å². The Morgan fingerprint density at radius 1 is 1.00 bits per heavy atom. The van der Waals surface area contributed by atoms with Crippen molar-refractivity contribution in [1.82, 2.24) is 0 Å². The first-order chi connectivity index (χ1) is 8.45. The quantitative estimate of drug-likeness (QED) is 0.693. The number of nitrogens with two attached hydrogens (primary N) is 1. The van der Waals surface area contributed by atoms with Gasteiger partial charge in [0.05, 0.1) is 13.1 Å².